The Morgan fingerprint density at radius 1 is 1.08 bits per heavy atom. The summed E-state index contributed by atoms with van der Waals surface area (Å²) in [4.78, 5) is 4.78. The van der Waals surface area contributed by atoms with Crippen molar-refractivity contribution < 1.29 is 0 Å². The number of H-pyrrole nitrogens is 1. The topological polar surface area (TPSA) is 129 Å². The first-order valence-electron chi connectivity index (χ1n) is 11.4. The van der Waals surface area contributed by atoms with E-state index in [1.165, 1.54) is 0 Å². The summed E-state index contributed by atoms with van der Waals surface area (Å²) in [7, 11) is 1.80. The first-order chi connectivity index (χ1) is 17.3. The number of benzene rings is 2. The maximum atomic E-state index is 9.43. The molecule has 4 aromatic rings. The van der Waals surface area contributed by atoms with Crippen LogP contribution in [0.3, 0.4) is 0 Å². The molecule has 0 unspecified atom stereocenters. The van der Waals surface area contributed by atoms with Crippen molar-refractivity contribution in [2.75, 3.05) is 5.43 Å². The molecular formula is C25H23N11. The summed E-state index contributed by atoms with van der Waals surface area (Å²) in [6, 6.07) is 17.7. The molecule has 36 heavy (non-hydrogen) atoms. The van der Waals surface area contributed by atoms with Gasteiger partial charge in [-0.15, -0.1) is 5.10 Å². The maximum Gasteiger partial charge on any atom is 0.201 e. The van der Waals surface area contributed by atoms with Gasteiger partial charge in [0.05, 0.1) is 22.9 Å². The molecule has 4 heterocycles. The zero-order valence-corrected chi connectivity index (χ0v) is 20.2. The Morgan fingerprint density at radius 2 is 1.89 bits per heavy atom. The van der Waals surface area contributed by atoms with Gasteiger partial charge in [-0.1, -0.05) is 51.1 Å². The van der Waals surface area contributed by atoms with E-state index in [0.717, 1.165) is 28.3 Å². The minimum absolute atomic E-state index is 0.204. The van der Waals surface area contributed by atoms with Crippen LogP contribution in [0.5, 0.6) is 0 Å². The third kappa shape index (κ3) is 3.39. The fraction of sp³-hybridized carbons (Fsp3) is 0.200. The van der Waals surface area contributed by atoms with E-state index in [1.807, 2.05) is 48.5 Å². The van der Waals surface area contributed by atoms with Crippen LogP contribution in [0.25, 0.3) is 34.1 Å². The van der Waals surface area contributed by atoms with E-state index < -0.39 is 0 Å². The molecule has 0 fully saturated rings. The van der Waals surface area contributed by atoms with Gasteiger partial charge in [0.25, 0.3) is 0 Å². The van der Waals surface area contributed by atoms with Crippen molar-refractivity contribution in [3.8, 4) is 28.8 Å². The third-order valence-electron chi connectivity index (χ3n) is 5.99. The van der Waals surface area contributed by atoms with Gasteiger partial charge in [0.1, 0.15) is 23.0 Å². The molecule has 0 saturated heterocycles. The zero-order valence-electron chi connectivity index (χ0n) is 20.2. The highest BCUT2D eigenvalue weighted by Gasteiger charge is 2.25. The van der Waals surface area contributed by atoms with E-state index in [1.54, 1.807) is 27.1 Å². The zero-order chi connectivity index (χ0) is 25.0. The van der Waals surface area contributed by atoms with Crippen LogP contribution in [0.1, 0.15) is 32.0 Å². The van der Waals surface area contributed by atoms with Crippen LogP contribution in [0.2, 0.25) is 0 Å². The maximum absolute atomic E-state index is 9.43. The monoisotopic (exact) mass is 477 g/mol. The van der Waals surface area contributed by atoms with Crippen LogP contribution in [0.15, 0.2) is 59.8 Å². The van der Waals surface area contributed by atoms with Crippen molar-refractivity contribution >= 4 is 17.0 Å². The number of fused-ring (bicyclic) bond motifs is 4. The first kappa shape index (κ1) is 21.5. The average Bonchev–Trinajstić information content (AvgIpc) is 3.56. The first-order valence-corrected chi connectivity index (χ1v) is 11.4. The highest BCUT2D eigenvalue weighted by Crippen LogP contribution is 2.32. The lowest BCUT2D eigenvalue weighted by molar-refractivity contribution is 0.558. The lowest BCUT2D eigenvalue weighted by Crippen LogP contribution is -2.16. The Labute approximate surface area is 205 Å². The van der Waals surface area contributed by atoms with E-state index in [-0.39, 0.29) is 5.41 Å². The lowest BCUT2D eigenvalue weighted by atomic mass is 9.91. The van der Waals surface area contributed by atoms with E-state index in [2.05, 4.69) is 57.8 Å². The fourth-order valence-electron chi connectivity index (χ4n) is 4.26. The van der Waals surface area contributed by atoms with Crippen LogP contribution in [-0.4, -0.2) is 39.2 Å². The molecule has 178 valence electrons. The summed E-state index contributed by atoms with van der Waals surface area (Å²) in [6.45, 7) is 6.35. The molecular weight excluding hydrogens is 454 g/mol. The van der Waals surface area contributed by atoms with Crippen molar-refractivity contribution in [1.29, 1.82) is 5.26 Å². The molecule has 1 aliphatic carbocycles. The number of aromatic nitrogens is 8. The molecule has 0 bridgehead atoms. The van der Waals surface area contributed by atoms with Crippen LogP contribution >= 0.6 is 0 Å². The summed E-state index contributed by atoms with van der Waals surface area (Å²) in [5.74, 6) is 0.629. The molecule has 0 amide bonds. The normalized spacial score (nSPS) is 12.6. The second-order valence-electron chi connectivity index (χ2n) is 9.57. The van der Waals surface area contributed by atoms with Crippen LogP contribution in [0.4, 0.5) is 5.69 Å². The largest absolute Gasteiger partial charge is 0.278 e. The molecule has 11 heteroatoms. The molecule has 0 saturated carbocycles. The molecule has 2 N–H and O–H groups in total. The number of hydrogen-bond donors (Lipinski definition) is 2. The lowest BCUT2D eigenvalue weighted by Gasteiger charge is -2.17. The van der Waals surface area contributed by atoms with Crippen molar-refractivity contribution in [3.63, 3.8) is 0 Å². The second kappa shape index (κ2) is 7.78. The van der Waals surface area contributed by atoms with E-state index >= 15 is 0 Å². The van der Waals surface area contributed by atoms with Crippen molar-refractivity contribution in [2.45, 2.75) is 26.2 Å². The minimum atomic E-state index is -0.204. The number of aryl methyl sites for hydroxylation is 1. The standard InChI is InChI=1S/C25H23N11/c1-25(2,3)21-20(23-28-22(33-36(23)32-21)15-8-6-5-7-9-15)30-29-17-10-11-18-19(12-17)35-24(34(4)31-18)16(13-26)14-27-35/h5-12,14,30,32H,1-4H3. The van der Waals surface area contributed by atoms with Crippen LogP contribution in [0, 0.1) is 11.3 Å². The predicted molar refractivity (Wildman–Crippen MR) is 134 cm³/mol. The Balaban J connectivity index is 1.48. The predicted octanol–water partition coefficient (Wildman–Crippen LogP) is 3.31. The highest BCUT2D eigenvalue weighted by molar-refractivity contribution is 5.74. The smallest absolute Gasteiger partial charge is 0.201 e. The van der Waals surface area contributed by atoms with E-state index in [4.69, 9.17) is 4.98 Å². The van der Waals surface area contributed by atoms with Gasteiger partial charge in [-0.3, -0.25) is 10.5 Å². The molecule has 1 aromatic carbocycles. The van der Waals surface area contributed by atoms with Gasteiger partial charge in [-0.25, -0.2) is 14.2 Å². The van der Waals surface area contributed by atoms with Gasteiger partial charge in [0.15, 0.2) is 11.5 Å². The molecule has 0 atom stereocenters. The summed E-state index contributed by atoms with van der Waals surface area (Å²) < 4.78 is 5.05. The Bertz CT molecular complexity index is 1820. The average molecular weight is 478 g/mol. The van der Waals surface area contributed by atoms with E-state index in [9.17, 15) is 5.26 Å². The summed E-state index contributed by atoms with van der Waals surface area (Å²) >= 11 is 0. The quantitative estimate of drug-likeness (QED) is 0.376. The number of nitriles is 1. The fourth-order valence-corrected chi connectivity index (χ4v) is 4.26. The molecule has 3 aromatic heterocycles. The van der Waals surface area contributed by atoms with Crippen molar-refractivity contribution in [1.82, 2.24) is 39.2 Å². The van der Waals surface area contributed by atoms with Crippen LogP contribution < -0.4 is 10.8 Å². The number of nitrogens with one attached hydrogen (secondary N) is 2. The number of aromatic amines is 1. The third-order valence-corrected chi connectivity index (χ3v) is 5.99. The molecule has 11 nitrogen and oxygen atoms in total. The summed E-state index contributed by atoms with van der Waals surface area (Å²) in [6.07, 6.45) is 1.54. The Hall–Kier alpha value is -4.98. The van der Waals surface area contributed by atoms with Crippen molar-refractivity contribution in [3.05, 3.63) is 71.3 Å². The Morgan fingerprint density at radius 3 is 2.64 bits per heavy atom. The highest BCUT2D eigenvalue weighted by atomic mass is 15.5. The number of rotatable bonds is 3. The molecule has 0 spiro atoms. The summed E-state index contributed by atoms with van der Waals surface area (Å²) in [5.41, 5.74) is 8.87. The van der Waals surface area contributed by atoms with E-state index in [0.29, 0.717) is 28.0 Å². The van der Waals surface area contributed by atoms with Crippen molar-refractivity contribution in [2.24, 2.45) is 12.1 Å². The minimum Gasteiger partial charge on any atom is -0.278 e. The van der Waals surface area contributed by atoms with Gasteiger partial charge in [-0.05, 0) is 18.2 Å². The van der Waals surface area contributed by atoms with Gasteiger partial charge in [0, 0.05) is 18.0 Å². The van der Waals surface area contributed by atoms with Crippen LogP contribution in [-0.2, 0) is 12.5 Å². The number of nitrogens with zero attached hydrogens (tertiary/aromatic N) is 9. The molecule has 1 aliphatic heterocycles. The molecule has 2 aliphatic rings. The SMILES string of the molecule is Cn1nc2ccc(=NNc3c(C(C)(C)C)[nH]n4nc(-c5ccccc5)nc34)cc-2n2ncc(C#N)c12. The Kier molecular flexibility index (Phi) is 4.65. The molecule has 6 rings (SSSR count). The number of anilines is 1. The van der Waals surface area contributed by atoms with Gasteiger partial charge >= 0.3 is 0 Å². The molecule has 0 radical (unpaired) electrons. The summed E-state index contributed by atoms with van der Waals surface area (Å²) in [5, 5.41) is 31.7. The van der Waals surface area contributed by atoms with Gasteiger partial charge < -0.3 is 0 Å². The van der Waals surface area contributed by atoms with Gasteiger partial charge in [0.2, 0.25) is 5.65 Å². The van der Waals surface area contributed by atoms with Gasteiger partial charge in [-0.2, -0.15) is 25.2 Å². The second-order valence-corrected chi connectivity index (χ2v) is 9.57. The number of hydrogen-bond acceptors (Lipinski definition) is 7.